The molecule has 1 aliphatic rings. The van der Waals surface area contributed by atoms with Gasteiger partial charge in [0.15, 0.2) is 0 Å². The van der Waals surface area contributed by atoms with Gasteiger partial charge in [0.1, 0.15) is 0 Å². The first-order chi connectivity index (χ1) is 7.25. The van der Waals surface area contributed by atoms with Crippen LogP contribution in [0.25, 0.3) is 0 Å². The van der Waals surface area contributed by atoms with Gasteiger partial charge in [-0.25, -0.2) is 0 Å². The van der Waals surface area contributed by atoms with Gasteiger partial charge in [0.25, 0.3) is 0 Å². The Hall–Kier alpha value is -0.300. The topological polar surface area (TPSA) is 0 Å². The van der Waals surface area contributed by atoms with Crippen molar-refractivity contribution in [1.29, 1.82) is 0 Å². The van der Waals surface area contributed by atoms with Gasteiger partial charge in [-0.15, -0.1) is 0 Å². The second-order valence-electron chi connectivity index (χ2n) is 4.83. The first-order valence-corrected chi connectivity index (χ1v) is 6.79. The summed E-state index contributed by atoms with van der Waals surface area (Å²) in [5.41, 5.74) is 0. The first kappa shape index (κ1) is 12.8. The van der Waals surface area contributed by atoms with Crippen LogP contribution in [0.4, 0.5) is 0 Å². The molecular weight excluding hydrogens is 182 g/mol. The molecule has 0 saturated heterocycles. The number of nitrogens with zero attached hydrogens (tertiary/aromatic N) is 1. The van der Waals surface area contributed by atoms with Crippen LogP contribution in [-0.4, -0.2) is 23.1 Å². The predicted octanol–water partition coefficient (Wildman–Crippen LogP) is 4.10. The van der Waals surface area contributed by atoms with Gasteiger partial charge in [0, 0.05) is 6.42 Å². The summed E-state index contributed by atoms with van der Waals surface area (Å²) in [5, 5.41) is 0. The highest BCUT2D eigenvalue weighted by Gasteiger charge is 2.40. The highest BCUT2D eigenvalue weighted by molar-refractivity contribution is 4.86. The van der Waals surface area contributed by atoms with E-state index in [2.05, 4.69) is 40.0 Å². The third-order valence-electron chi connectivity index (χ3n) is 4.31. The summed E-state index contributed by atoms with van der Waals surface area (Å²) < 4.78 is 1.28. The third-order valence-corrected chi connectivity index (χ3v) is 4.31. The lowest BCUT2D eigenvalue weighted by atomic mass is 10.00. The normalized spacial score (nSPS) is 19.3. The second-order valence-corrected chi connectivity index (χ2v) is 4.83. The van der Waals surface area contributed by atoms with Crippen molar-refractivity contribution in [3.63, 3.8) is 0 Å². The first-order valence-electron chi connectivity index (χ1n) is 6.79. The molecule has 0 spiro atoms. The maximum Gasteiger partial charge on any atom is 0.0929 e. The lowest BCUT2D eigenvalue weighted by Gasteiger charge is -2.45. The van der Waals surface area contributed by atoms with Crippen molar-refractivity contribution < 1.29 is 4.48 Å². The Balaban J connectivity index is 2.91. The van der Waals surface area contributed by atoms with Crippen molar-refractivity contribution in [3.8, 4) is 0 Å². The van der Waals surface area contributed by atoms with Crippen LogP contribution in [-0.2, 0) is 0 Å². The van der Waals surface area contributed by atoms with Crippen LogP contribution in [0.1, 0.15) is 59.8 Å². The molecule has 0 saturated carbocycles. The van der Waals surface area contributed by atoms with Crippen LogP contribution in [0.3, 0.4) is 0 Å². The lowest BCUT2D eigenvalue weighted by Crippen LogP contribution is -2.55. The maximum atomic E-state index is 2.51. The van der Waals surface area contributed by atoms with Crippen molar-refractivity contribution in [1.82, 2.24) is 0 Å². The molecule has 0 amide bonds. The average Bonchev–Trinajstić information content (AvgIpc) is 2.72. The quantitative estimate of drug-likeness (QED) is 0.579. The van der Waals surface area contributed by atoms with Gasteiger partial charge in [-0.05, 0) is 31.8 Å². The zero-order valence-electron chi connectivity index (χ0n) is 11.0. The molecule has 0 aromatic rings. The fraction of sp³-hybridized carbons (Fsp3) is 0.857. The van der Waals surface area contributed by atoms with E-state index in [1.165, 1.54) is 43.1 Å². The summed E-state index contributed by atoms with van der Waals surface area (Å²) in [5.74, 6) is 0. The van der Waals surface area contributed by atoms with Crippen LogP contribution in [0, 0.1) is 0 Å². The molecule has 0 fully saturated rings. The van der Waals surface area contributed by atoms with Gasteiger partial charge in [-0.2, -0.15) is 0 Å². The molecule has 0 atom stereocenters. The molecule has 1 rings (SSSR count). The summed E-state index contributed by atoms with van der Waals surface area (Å²) in [7, 11) is 0. The van der Waals surface area contributed by atoms with Crippen LogP contribution in [0.2, 0.25) is 0 Å². The highest BCUT2D eigenvalue weighted by atomic mass is 15.4. The van der Waals surface area contributed by atoms with Crippen molar-refractivity contribution in [2.45, 2.75) is 71.9 Å². The van der Waals surface area contributed by atoms with Crippen LogP contribution >= 0.6 is 0 Å². The summed E-state index contributed by atoms with van der Waals surface area (Å²) in [4.78, 5) is 0. The van der Waals surface area contributed by atoms with Gasteiger partial charge in [0.05, 0.1) is 24.8 Å². The molecule has 0 aromatic heterocycles. The van der Waals surface area contributed by atoms with Crippen molar-refractivity contribution in [2.75, 3.05) is 6.54 Å². The van der Waals surface area contributed by atoms with Gasteiger partial charge in [-0.1, -0.05) is 27.7 Å². The van der Waals surface area contributed by atoms with E-state index >= 15 is 0 Å². The number of hydrogen-bond acceptors (Lipinski definition) is 0. The van der Waals surface area contributed by atoms with Crippen molar-refractivity contribution in [2.24, 2.45) is 0 Å². The monoisotopic (exact) mass is 210 g/mol. The molecule has 0 N–H and O–H groups in total. The Bertz CT molecular complexity index is 187. The fourth-order valence-corrected chi connectivity index (χ4v) is 3.49. The molecule has 1 nitrogen and oxygen atoms in total. The summed E-state index contributed by atoms with van der Waals surface area (Å²) in [6.45, 7) is 10.7. The fourth-order valence-electron chi connectivity index (χ4n) is 3.49. The minimum Gasteiger partial charge on any atom is -0.292 e. The average molecular weight is 210 g/mol. The van der Waals surface area contributed by atoms with Gasteiger partial charge in [0.2, 0.25) is 0 Å². The third kappa shape index (κ3) is 2.28. The van der Waals surface area contributed by atoms with E-state index in [0.717, 1.165) is 12.1 Å². The summed E-state index contributed by atoms with van der Waals surface area (Å²) in [6.07, 6.45) is 11.5. The second kappa shape index (κ2) is 5.69. The molecule has 0 unspecified atom stereocenters. The Morgan fingerprint density at radius 1 is 0.933 bits per heavy atom. The molecule has 1 aliphatic heterocycles. The van der Waals surface area contributed by atoms with E-state index in [4.69, 9.17) is 0 Å². The number of quaternary nitrogens is 1. The molecule has 0 bridgehead atoms. The zero-order valence-corrected chi connectivity index (χ0v) is 11.0. The Labute approximate surface area is 95.8 Å². The van der Waals surface area contributed by atoms with E-state index < -0.39 is 0 Å². The van der Waals surface area contributed by atoms with Gasteiger partial charge in [-0.3, -0.25) is 4.48 Å². The molecule has 1 heteroatoms. The SMILES string of the molecule is CCC(CC)[N+]1(C(CC)CC)C=CCC1. The molecule has 88 valence electrons. The molecule has 0 aliphatic carbocycles. The lowest BCUT2D eigenvalue weighted by molar-refractivity contribution is -0.923. The van der Waals surface area contributed by atoms with E-state index in [1.54, 1.807) is 0 Å². The van der Waals surface area contributed by atoms with Crippen molar-refractivity contribution in [3.05, 3.63) is 12.3 Å². The molecular formula is C14H28N+. The molecule has 0 radical (unpaired) electrons. The van der Waals surface area contributed by atoms with Gasteiger partial charge < -0.3 is 0 Å². The molecule has 1 heterocycles. The smallest absolute Gasteiger partial charge is 0.0929 e. The van der Waals surface area contributed by atoms with E-state index in [1.807, 2.05) is 0 Å². The predicted molar refractivity (Wildman–Crippen MR) is 67.6 cm³/mol. The maximum absolute atomic E-state index is 2.51. The van der Waals surface area contributed by atoms with Crippen LogP contribution < -0.4 is 0 Å². The number of hydrogen-bond donors (Lipinski definition) is 0. The van der Waals surface area contributed by atoms with Crippen LogP contribution in [0.15, 0.2) is 12.3 Å². The van der Waals surface area contributed by atoms with E-state index in [9.17, 15) is 0 Å². The summed E-state index contributed by atoms with van der Waals surface area (Å²) >= 11 is 0. The molecule has 0 aromatic carbocycles. The minimum atomic E-state index is 0.841. The highest BCUT2D eigenvalue weighted by Crippen LogP contribution is 2.32. The van der Waals surface area contributed by atoms with Crippen molar-refractivity contribution >= 4 is 0 Å². The van der Waals surface area contributed by atoms with Crippen LogP contribution in [0.5, 0.6) is 0 Å². The Kier molecular flexibility index (Phi) is 4.85. The largest absolute Gasteiger partial charge is 0.292 e. The zero-order chi connectivity index (χ0) is 11.3. The molecule has 15 heavy (non-hydrogen) atoms. The van der Waals surface area contributed by atoms with Gasteiger partial charge >= 0.3 is 0 Å². The van der Waals surface area contributed by atoms with E-state index in [0.29, 0.717) is 0 Å². The Morgan fingerprint density at radius 2 is 1.40 bits per heavy atom. The Morgan fingerprint density at radius 3 is 1.67 bits per heavy atom. The summed E-state index contributed by atoms with van der Waals surface area (Å²) in [6, 6.07) is 1.68. The minimum absolute atomic E-state index is 0.841. The number of rotatable bonds is 6. The van der Waals surface area contributed by atoms with E-state index in [-0.39, 0.29) is 0 Å². The standard InChI is InChI=1S/C14H28N/c1-5-13(6-2)15(11-9-10-12-15)14(7-3)8-4/h9,11,13-14H,5-8,10,12H2,1-4H3/q+1.